The first-order chi connectivity index (χ1) is 15.5. The lowest BCUT2D eigenvalue weighted by molar-refractivity contribution is -0.114. The molecular weight excluding hydrogens is 512 g/mol. The summed E-state index contributed by atoms with van der Waals surface area (Å²) < 4.78 is 61.3. The van der Waals surface area contributed by atoms with E-state index in [0.29, 0.717) is 11.0 Å². The third-order valence-electron chi connectivity index (χ3n) is 4.17. The summed E-state index contributed by atoms with van der Waals surface area (Å²) in [4.78, 5) is 15.0. The quantitative estimate of drug-likeness (QED) is 0.328. The first-order valence-corrected chi connectivity index (χ1v) is 13.3. The Balaban J connectivity index is 1.65. The van der Waals surface area contributed by atoms with Crippen LogP contribution >= 0.6 is 22.9 Å². The maximum absolute atomic E-state index is 12.9. The Kier molecular flexibility index (Phi) is 6.05. The molecule has 4 aromatic rings. The van der Waals surface area contributed by atoms with Gasteiger partial charge in [-0.15, -0.1) is 0 Å². The Morgan fingerprint density at radius 1 is 1.00 bits per heavy atom. The van der Waals surface area contributed by atoms with Crippen molar-refractivity contribution in [3.05, 3.63) is 59.8 Å². The summed E-state index contributed by atoms with van der Waals surface area (Å²) in [6, 6.07) is 12.1. The maximum Gasteiger partial charge on any atom is 0.295 e. The molecule has 172 valence electrons. The first-order valence-electron chi connectivity index (χ1n) is 9.11. The van der Waals surface area contributed by atoms with Crippen molar-refractivity contribution in [2.75, 3.05) is 14.8 Å². The molecule has 0 aliphatic rings. The van der Waals surface area contributed by atoms with E-state index in [1.807, 2.05) is 0 Å². The number of thiazole rings is 1. The van der Waals surface area contributed by atoms with Crippen LogP contribution in [0.3, 0.4) is 0 Å². The number of hydrogen-bond acceptors (Lipinski definition) is 8. The molecule has 0 atom stereocenters. The van der Waals surface area contributed by atoms with Crippen LogP contribution in [0.2, 0.25) is 5.02 Å². The van der Waals surface area contributed by atoms with E-state index in [1.54, 1.807) is 24.3 Å². The average molecular weight is 527 g/mol. The van der Waals surface area contributed by atoms with E-state index in [-0.39, 0.29) is 30.8 Å². The fourth-order valence-corrected chi connectivity index (χ4v) is 6.13. The third-order valence-corrected chi connectivity index (χ3v) is 8.36. The second-order valence-electron chi connectivity index (χ2n) is 6.67. The lowest BCUT2D eigenvalue weighted by atomic mass is 10.3. The molecule has 0 aliphatic carbocycles. The van der Waals surface area contributed by atoms with Crippen LogP contribution in [0.4, 0.5) is 16.5 Å². The zero-order valence-electron chi connectivity index (χ0n) is 16.7. The van der Waals surface area contributed by atoms with Crippen LogP contribution in [0.15, 0.2) is 68.4 Å². The largest absolute Gasteiger partial charge is 0.443 e. The minimum absolute atomic E-state index is 0.0754. The number of aromatic nitrogens is 1. The summed E-state index contributed by atoms with van der Waals surface area (Å²) in [6.07, 6.45) is 1.08. The Morgan fingerprint density at radius 3 is 2.45 bits per heavy atom. The molecule has 0 unspecified atom stereocenters. The standard InChI is InChI=1S/C19H15ClN4O6S3/c1-11(25)22-19-21-10-18(31-19)33(28,29)23-14-7-6-13(20)9-15(14)24-32(26,27)17-8-12-4-2-3-5-16(12)30-17/h2-10,23-24H,1H3,(H,21,22,25). The van der Waals surface area contributed by atoms with E-state index < -0.39 is 26.0 Å². The number of nitrogens with zero attached hydrogens (tertiary/aromatic N) is 1. The maximum atomic E-state index is 12.9. The van der Waals surface area contributed by atoms with E-state index >= 15 is 0 Å². The van der Waals surface area contributed by atoms with Gasteiger partial charge in [0, 0.05) is 23.4 Å². The Bertz CT molecular complexity index is 1540. The molecule has 0 spiro atoms. The molecule has 4 rings (SSSR count). The van der Waals surface area contributed by atoms with E-state index in [2.05, 4.69) is 19.7 Å². The lowest BCUT2D eigenvalue weighted by Crippen LogP contribution is -2.17. The van der Waals surface area contributed by atoms with Gasteiger partial charge in [0.05, 0.1) is 17.6 Å². The Hall–Kier alpha value is -3.13. The van der Waals surface area contributed by atoms with Crippen LogP contribution in [-0.2, 0) is 24.8 Å². The Labute approximate surface area is 197 Å². The number of para-hydroxylation sites is 1. The van der Waals surface area contributed by atoms with Crippen LogP contribution in [-0.4, -0.2) is 27.7 Å². The topological polar surface area (TPSA) is 147 Å². The van der Waals surface area contributed by atoms with E-state index in [1.165, 1.54) is 31.2 Å². The number of halogens is 1. The summed E-state index contributed by atoms with van der Waals surface area (Å²) >= 11 is 6.75. The third kappa shape index (κ3) is 5.11. The molecule has 3 N–H and O–H groups in total. The number of hydrogen-bond donors (Lipinski definition) is 3. The monoisotopic (exact) mass is 526 g/mol. The fraction of sp³-hybridized carbons (Fsp3) is 0.0526. The highest BCUT2D eigenvalue weighted by Gasteiger charge is 2.24. The van der Waals surface area contributed by atoms with Crippen molar-refractivity contribution >= 4 is 76.4 Å². The number of fused-ring (bicyclic) bond motifs is 1. The highest BCUT2D eigenvalue weighted by Crippen LogP contribution is 2.32. The molecule has 10 nitrogen and oxygen atoms in total. The van der Waals surface area contributed by atoms with Gasteiger partial charge >= 0.3 is 0 Å². The van der Waals surface area contributed by atoms with Gasteiger partial charge in [0.1, 0.15) is 5.58 Å². The number of carbonyl (C=O) groups is 1. The highest BCUT2D eigenvalue weighted by atomic mass is 35.5. The number of benzene rings is 2. The van der Waals surface area contributed by atoms with Crippen molar-refractivity contribution in [3.63, 3.8) is 0 Å². The SMILES string of the molecule is CC(=O)Nc1ncc(S(=O)(=O)Nc2ccc(Cl)cc2NS(=O)(=O)c2cc3ccccc3o2)s1. The average Bonchev–Trinajstić information content (AvgIpc) is 3.37. The number of sulfonamides is 2. The van der Waals surface area contributed by atoms with E-state index in [4.69, 9.17) is 16.0 Å². The van der Waals surface area contributed by atoms with Gasteiger partial charge in [-0.3, -0.25) is 14.2 Å². The predicted octanol–water partition coefficient (Wildman–Crippen LogP) is 4.10. The summed E-state index contributed by atoms with van der Waals surface area (Å²) in [7, 11) is -8.36. The summed E-state index contributed by atoms with van der Waals surface area (Å²) in [5.41, 5.74) is 0.191. The molecular formula is C19H15ClN4O6S3. The number of amides is 1. The van der Waals surface area contributed by atoms with Gasteiger partial charge in [0.15, 0.2) is 9.34 Å². The van der Waals surface area contributed by atoms with Crippen molar-refractivity contribution in [2.24, 2.45) is 0 Å². The van der Waals surface area contributed by atoms with Gasteiger partial charge in [-0.1, -0.05) is 41.1 Å². The minimum atomic E-state index is -4.21. The molecule has 0 saturated carbocycles. The van der Waals surface area contributed by atoms with Crippen LogP contribution in [0.1, 0.15) is 6.92 Å². The summed E-state index contributed by atoms with van der Waals surface area (Å²) in [6.45, 7) is 1.27. The van der Waals surface area contributed by atoms with Crippen molar-refractivity contribution in [1.82, 2.24) is 4.98 Å². The fourth-order valence-electron chi connectivity index (χ4n) is 2.76. The van der Waals surface area contributed by atoms with Gasteiger partial charge in [0.25, 0.3) is 20.0 Å². The van der Waals surface area contributed by atoms with E-state index in [0.717, 1.165) is 17.5 Å². The van der Waals surface area contributed by atoms with Crippen LogP contribution in [0.5, 0.6) is 0 Å². The first kappa shape index (κ1) is 23.0. The summed E-state index contributed by atoms with van der Waals surface area (Å²) in [5, 5.41) is 2.91. The molecule has 2 heterocycles. The second-order valence-corrected chi connectivity index (χ2v) is 11.7. The van der Waals surface area contributed by atoms with Gasteiger partial charge in [-0.05, 0) is 24.3 Å². The molecule has 0 bridgehead atoms. The van der Waals surface area contributed by atoms with Gasteiger partial charge < -0.3 is 9.73 Å². The zero-order valence-corrected chi connectivity index (χ0v) is 19.9. The molecule has 2 aromatic carbocycles. The molecule has 2 aromatic heterocycles. The van der Waals surface area contributed by atoms with Crippen molar-refractivity contribution in [1.29, 1.82) is 0 Å². The number of nitrogens with one attached hydrogen (secondary N) is 3. The van der Waals surface area contributed by atoms with Crippen molar-refractivity contribution in [2.45, 2.75) is 16.2 Å². The molecule has 0 radical (unpaired) electrons. The second kappa shape index (κ2) is 8.67. The smallest absolute Gasteiger partial charge is 0.295 e. The van der Waals surface area contributed by atoms with Crippen LogP contribution in [0.25, 0.3) is 11.0 Å². The van der Waals surface area contributed by atoms with Gasteiger partial charge in [-0.2, -0.15) is 8.42 Å². The van der Waals surface area contributed by atoms with Crippen LogP contribution < -0.4 is 14.8 Å². The molecule has 14 heteroatoms. The van der Waals surface area contributed by atoms with Gasteiger partial charge in [-0.25, -0.2) is 13.4 Å². The minimum Gasteiger partial charge on any atom is -0.443 e. The molecule has 0 fully saturated rings. The number of anilines is 3. The van der Waals surface area contributed by atoms with Gasteiger partial charge in [0.2, 0.25) is 11.0 Å². The van der Waals surface area contributed by atoms with Crippen LogP contribution in [0, 0.1) is 0 Å². The predicted molar refractivity (Wildman–Crippen MR) is 126 cm³/mol. The normalized spacial score (nSPS) is 11.9. The highest BCUT2D eigenvalue weighted by molar-refractivity contribution is 7.94. The molecule has 0 aliphatic heterocycles. The lowest BCUT2D eigenvalue weighted by Gasteiger charge is -2.13. The van der Waals surface area contributed by atoms with Crippen molar-refractivity contribution in [3.8, 4) is 0 Å². The van der Waals surface area contributed by atoms with E-state index in [9.17, 15) is 21.6 Å². The molecule has 1 amide bonds. The number of carbonyl (C=O) groups excluding carboxylic acids is 1. The summed E-state index contributed by atoms with van der Waals surface area (Å²) in [5.74, 6) is -0.402. The number of rotatable bonds is 7. The Morgan fingerprint density at radius 2 is 1.73 bits per heavy atom. The number of furan rings is 1. The van der Waals surface area contributed by atoms with Crippen molar-refractivity contribution < 1.29 is 26.0 Å². The zero-order chi connectivity index (χ0) is 23.8. The molecule has 0 saturated heterocycles. The molecule has 33 heavy (non-hydrogen) atoms.